The minimum Gasteiger partial charge on any atom is -0.414 e. The van der Waals surface area contributed by atoms with Crippen LogP contribution < -0.4 is 10.3 Å². The van der Waals surface area contributed by atoms with Crippen LogP contribution in [0.5, 0.6) is 0 Å². The number of rotatable bonds is 3. The molecule has 3 rings (SSSR count). The molecule has 1 aliphatic rings. The monoisotopic (exact) mass is 320 g/mol. The molecule has 2 aromatic rings. The van der Waals surface area contributed by atoms with Gasteiger partial charge in [-0.05, 0) is 6.42 Å². The Balaban J connectivity index is 2.13. The first-order valence-corrected chi connectivity index (χ1v) is 7.00. The summed E-state index contributed by atoms with van der Waals surface area (Å²) in [5.41, 5.74) is 0.928. The summed E-state index contributed by atoms with van der Waals surface area (Å²) >= 11 is 0. The summed E-state index contributed by atoms with van der Waals surface area (Å²) in [6.45, 7) is -0.215. The Labute approximate surface area is 130 Å². The zero-order valence-corrected chi connectivity index (χ0v) is 12.3. The van der Waals surface area contributed by atoms with Crippen LogP contribution in [0.4, 0.5) is 0 Å². The molecule has 2 heterocycles. The first kappa shape index (κ1) is 15.4. The van der Waals surface area contributed by atoms with Crippen molar-refractivity contribution in [1.82, 2.24) is 19.3 Å². The lowest BCUT2D eigenvalue weighted by Gasteiger charge is -2.18. The topological polar surface area (TPSA) is 142 Å². The molecule has 0 saturated heterocycles. The van der Waals surface area contributed by atoms with Crippen LogP contribution in [0.25, 0.3) is 11.2 Å². The number of fused-ring (bicyclic) bond motifs is 1. The highest BCUT2D eigenvalue weighted by atomic mass is 16.6. The Morgan fingerprint density at radius 2 is 2.17 bits per heavy atom. The average molecular weight is 320 g/mol. The smallest absolute Gasteiger partial charge is 0.211 e. The maximum atomic E-state index is 10.2. The summed E-state index contributed by atoms with van der Waals surface area (Å²) in [5.74, 6) is -0.414. The molecule has 0 bridgehead atoms. The van der Waals surface area contributed by atoms with E-state index in [1.807, 2.05) is 0 Å². The van der Waals surface area contributed by atoms with Gasteiger partial charge < -0.3 is 24.7 Å². The first-order chi connectivity index (χ1) is 11.1. The molecular formula is C13H16N6O4. The molecule has 1 saturated carbocycles. The fourth-order valence-electron chi connectivity index (χ4n) is 2.99. The maximum absolute atomic E-state index is 10.2. The molecule has 4 atom stereocenters. The van der Waals surface area contributed by atoms with Crippen LogP contribution in [0.3, 0.4) is 0 Å². The fourth-order valence-corrected chi connectivity index (χ4v) is 2.99. The van der Waals surface area contributed by atoms with Gasteiger partial charge in [0, 0.05) is 12.5 Å². The SMILES string of the molecule is COn1cnc2c(ncn2[C@@H]2C[C@H](CO)[C@@H](O)[C@H]2O)c1=NC#N. The quantitative estimate of drug-likeness (QED) is 0.552. The van der Waals surface area contributed by atoms with Crippen molar-refractivity contribution in [3.63, 3.8) is 0 Å². The fraction of sp³-hybridized carbons (Fsp3) is 0.538. The van der Waals surface area contributed by atoms with Gasteiger partial charge in [0.2, 0.25) is 11.7 Å². The highest BCUT2D eigenvalue weighted by Crippen LogP contribution is 2.36. The highest BCUT2D eigenvalue weighted by Gasteiger charge is 2.42. The number of nitrogens with zero attached hydrogens (tertiary/aromatic N) is 6. The summed E-state index contributed by atoms with van der Waals surface area (Å²) in [4.78, 5) is 17.2. The molecular weight excluding hydrogens is 304 g/mol. The second-order valence-electron chi connectivity index (χ2n) is 5.34. The van der Waals surface area contributed by atoms with E-state index in [9.17, 15) is 15.3 Å². The van der Waals surface area contributed by atoms with E-state index in [0.717, 1.165) is 0 Å². The van der Waals surface area contributed by atoms with Crippen molar-refractivity contribution in [3.05, 3.63) is 18.1 Å². The van der Waals surface area contributed by atoms with Crippen LogP contribution in [0.1, 0.15) is 12.5 Å². The number of aromatic nitrogens is 4. The summed E-state index contributed by atoms with van der Waals surface area (Å²) in [5, 5.41) is 38.3. The van der Waals surface area contributed by atoms with Crippen molar-refractivity contribution in [3.8, 4) is 6.19 Å². The van der Waals surface area contributed by atoms with Crippen molar-refractivity contribution in [2.75, 3.05) is 13.7 Å². The molecule has 0 radical (unpaired) electrons. The third-order valence-corrected chi connectivity index (χ3v) is 4.19. The van der Waals surface area contributed by atoms with Crippen LogP contribution in [0.15, 0.2) is 17.6 Å². The van der Waals surface area contributed by atoms with Crippen molar-refractivity contribution in [2.45, 2.75) is 24.7 Å². The maximum Gasteiger partial charge on any atom is 0.211 e. The van der Waals surface area contributed by atoms with Crippen LogP contribution >= 0.6 is 0 Å². The van der Waals surface area contributed by atoms with Gasteiger partial charge >= 0.3 is 0 Å². The van der Waals surface area contributed by atoms with Gasteiger partial charge in [0.25, 0.3) is 0 Å². The average Bonchev–Trinajstić information content (AvgIpc) is 3.10. The second-order valence-corrected chi connectivity index (χ2v) is 5.34. The first-order valence-electron chi connectivity index (χ1n) is 7.00. The van der Waals surface area contributed by atoms with Crippen molar-refractivity contribution < 1.29 is 20.2 Å². The van der Waals surface area contributed by atoms with E-state index in [-0.39, 0.29) is 12.1 Å². The summed E-state index contributed by atoms with van der Waals surface area (Å²) in [7, 11) is 1.41. The van der Waals surface area contributed by atoms with Crippen LogP contribution in [-0.2, 0) is 0 Å². The molecule has 23 heavy (non-hydrogen) atoms. The van der Waals surface area contributed by atoms with E-state index in [4.69, 9.17) is 10.1 Å². The molecule has 1 aliphatic carbocycles. The Kier molecular flexibility index (Phi) is 3.99. The van der Waals surface area contributed by atoms with Gasteiger partial charge in [-0.2, -0.15) is 9.99 Å². The number of nitriles is 1. The normalized spacial score (nSPS) is 28.2. The summed E-state index contributed by atoms with van der Waals surface area (Å²) in [6, 6.07) is -0.479. The third-order valence-electron chi connectivity index (χ3n) is 4.19. The van der Waals surface area contributed by atoms with Crippen LogP contribution in [0, 0.1) is 17.4 Å². The molecule has 122 valence electrons. The van der Waals surface area contributed by atoms with Gasteiger partial charge in [-0.15, -0.1) is 4.99 Å². The Morgan fingerprint density at radius 3 is 2.78 bits per heavy atom. The van der Waals surface area contributed by atoms with Crippen LogP contribution in [-0.4, -0.2) is 60.5 Å². The molecule has 0 aliphatic heterocycles. The van der Waals surface area contributed by atoms with E-state index in [1.165, 1.54) is 24.5 Å². The third kappa shape index (κ3) is 2.35. The zero-order valence-electron chi connectivity index (χ0n) is 12.3. The summed E-state index contributed by atoms with van der Waals surface area (Å²) < 4.78 is 2.83. The van der Waals surface area contributed by atoms with Gasteiger partial charge in [-0.1, -0.05) is 0 Å². The molecule has 2 aromatic heterocycles. The van der Waals surface area contributed by atoms with Crippen LogP contribution in [0.2, 0.25) is 0 Å². The minimum absolute atomic E-state index is 0.186. The van der Waals surface area contributed by atoms with Crippen molar-refractivity contribution >= 4 is 11.2 Å². The predicted octanol–water partition coefficient (Wildman–Crippen LogP) is -2.05. The number of imidazole rings is 1. The van der Waals surface area contributed by atoms with Crippen molar-refractivity contribution in [1.29, 1.82) is 5.26 Å². The molecule has 0 unspecified atom stereocenters. The van der Waals surface area contributed by atoms with Gasteiger partial charge in [0.1, 0.15) is 19.5 Å². The molecule has 1 fully saturated rings. The van der Waals surface area contributed by atoms with E-state index < -0.39 is 24.2 Å². The van der Waals surface area contributed by atoms with E-state index in [2.05, 4.69) is 15.0 Å². The van der Waals surface area contributed by atoms with E-state index in [0.29, 0.717) is 17.6 Å². The second kappa shape index (κ2) is 5.96. The highest BCUT2D eigenvalue weighted by molar-refractivity contribution is 5.69. The molecule has 0 aromatic carbocycles. The lowest BCUT2D eigenvalue weighted by Crippen LogP contribution is -2.30. The van der Waals surface area contributed by atoms with Crippen molar-refractivity contribution in [2.24, 2.45) is 10.9 Å². The Bertz CT molecular complexity index is 822. The predicted molar refractivity (Wildman–Crippen MR) is 75.4 cm³/mol. The van der Waals surface area contributed by atoms with Gasteiger partial charge in [-0.3, -0.25) is 0 Å². The van der Waals surface area contributed by atoms with Gasteiger partial charge in [0.15, 0.2) is 11.2 Å². The van der Waals surface area contributed by atoms with E-state index in [1.54, 1.807) is 10.8 Å². The van der Waals surface area contributed by atoms with Gasteiger partial charge in [-0.25, -0.2) is 9.97 Å². The van der Waals surface area contributed by atoms with Gasteiger partial charge in [0.05, 0.1) is 18.5 Å². The largest absolute Gasteiger partial charge is 0.414 e. The molecule has 3 N–H and O–H groups in total. The standard InChI is InChI=1S/C13H16N6O4/c1-23-19-6-17-12-9(13(19)15-4-14)16-5-18(12)8-2-7(3-20)10(21)11(8)22/h5-8,10-11,20-22H,2-3H2,1H3/t7-,8-,10-,11+/m1/s1. The van der Waals surface area contributed by atoms with E-state index >= 15 is 0 Å². The lowest BCUT2D eigenvalue weighted by atomic mass is 10.1. The molecule has 0 amide bonds. The minimum atomic E-state index is -1.04. The zero-order chi connectivity index (χ0) is 16.6. The lowest BCUT2D eigenvalue weighted by molar-refractivity contribution is -0.00371. The molecule has 0 spiro atoms. The molecule has 10 heteroatoms. The number of hydrogen-bond donors (Lipinski definition) is 3. The number of hydrogen-bond acceptors (Lipinski definition) is 8. The summed E-state index contributed by atoms with van der Waals surface area (Å²) in [6.07, 6.45) is 2.82. The number of aliphatic hydroxyl groups is 3. The Morgan fingerprint density at radius 1 is 1.39 bits per heavy atom. The molecule has 10 nitrogen and oxygen atoms in total. The Hall–Kier alpha value is -2.48. The number of aliphatic hydroxyl groups excluding tert-OH is 3.